The smallest absolute Gasteiger partial charge is 0.287 e. The van der Waals surface area contributed by atoms with Gasteiger partial charge in [0.1, 0.15) is 6.04 Å². The summed E-state index contributed by atoms with van der Waals surface area (Å²) < 4.78 is 10.8. The third-order valence-electron chi connectivity index (χ3n) is 6.44. The SMILES string of the molecule is Cc1cc(C)c(N(C(=O)CNC(=O)c2ccco2)[C@H](C(=O)NC[C@@H]2CCCO2)c2ccccc2)c(C)c1. The zero-order chi connectivity index (χ0) is 26.4. The molecule has 0 radical (unpaired) electrons. The van der Waals surface area contributed by atoms with Crippen LogP contribution in [0, 0.1) is 20.8 Å². The molecule has 2 N–H and O–H groups in total. The lowest BCUT2D eigenvalue weighted by Gasteiger charge is -2.34. The Hall–Kier alpha value is -3.91. The first-order chi connectivity index (χ1) is 17.8. The molecule has 37 heavy (non-hydrogen) atoms. The van der Waals surface area contributed by atoms with Crippen LogP contribution in [0.2, 0.25) is 0 Å². The summed E-state index contributed by atoms with van der Waals surface area (Å²) in [7, 11) is 0. The molecule has 1 aliphatic heterocycles. The second-order valence-corrected chi connectivity index (χ2v) is 9.36. The first kappa shape index (κ1) is 26.2. The third kappa shape index (κ3) is 6.27. The highest BCUT2D eigenvalue weighted by Gasteiger charge is 2.35. The number of nitrogens with zero attached hydrogens (tertiary/aromatic N) is 1. The minimum Gasteiger partial charge on any atom is -0.459 e. The number of anilines is 1. The van der Waals surface area contributed by atoms with Gasteiger partial charge >= 0.3 is 0 Å². The lowest BCUT2D eigenvalue weighted by atomic mass is 9.98. The Labute approximate surface area is 217 Å². The Balaban J connectivity index is 1.70. The number of nitrogens with one attached hydrogen (secondary N) is 2. The van der Waals surface area contributed by atoms with Crippen molar-refractivity contribution >= 4 is 23.4 Å². The summed E-state index contributed by atoms with van der Waals surface area (Å²) in [6.45, 7) is 6.57. The van der Waals surface area contributed by atoms with Crippen molar-refractivity contribution in [1.29, 1.82) is 0 Å². The molecular formula is C29H33N3O5. The third-order valence-corrected chi connectivity index (χ3v) is 6.44. The standard InChI is InChI=1S/C29H33N3O5/c1-19-15-20(2)26(21(3)16-19)32(25(33)18-31-28(34)24-12-8-14-37-24)27(22-9-5-4-6-10-22)29(35)30-17-23-11-7-13-36-23/h4-6,8-10,12,14-16,23,27H,7,11,13,17-18H2,1-3H3,(H,30,35)(H,31,34)/t23-,27-/m0/s1. The van der Waals surface area contributed by atoms with E-state index in [1.54, 1.807) is 6.07 Å². The molecule has 1 saturated heterocycles. The molecule has 0 bridgehead atoms. The molecule has 2 aromatic carbocycles. The predicted molar refractivity (Wildman–Crippen MR) is 140 cm³/mol. The van der Waals surface area contributed by atoms with E-state index in [4.69, 9.17) is 9.15 Å². The molecule has 1 fully saturated rings. The number of amides is 3. The van der Waals surface area contributed by atoms with E-state index in [2.05, 4.69) is 10.6 Å². The van der Waals surface area contributed by atoms with Crippen molar-refractivity contribution in [3.8, 4) is 0 Å². The van der Waals surface area contributed by atoms with E-state index in [9.17, 15) is 14.4 Å². The maximum atomic E-state index is 13.9. The monoisotopic (exact) mass is 503 g/mol. The molecular weight excluding hydrogens is 470 g/mol. The highest BCUT2D eigenvalue weighted by Crippen LogP contribution is 2.34. The number of furan rings is 1. The highest BCUT2D eigenvalue weighted by atomic mass is 16.5. The number of benzene rings is 2. The van der Waals surface area contributed by atoms with E-state index in [-0.39, 0.29) is 24.3 Å². The quantitative estimate of drug-likeness (QED) is 0.460. The predicted octanol–water partition coefficient (Wildman–Crippen LogP) is 4.00. The summed E-state index contributed by atoms with van der Waals surface area (Å²) >= 11 is 0. The van der Waals surface area contributed by atoms with Crippen LogP contribution in [-0.2, 0) is 14.3 Å². The van der Waals surface area contributed by atoms with Crippen LogP contribution in [0.5, 0.6) is 0 Å². The summed E-state index contributed by atoms with van der Waals surface area (Å²) in [5.74, 6) is -1.13. The fourth-order valence-electron chi connectivity index (χ4n) is 4.86. The molecule has 0 aliphatic carbocycles. The summed E-state index contributed by atoms with van der Waals surface area (Å²) in [5, 5.41) is 5.64. The second kappa shape index (κ2) is 11.9. The number of carbonyl (C=O) groups is 3. The van der Waals surface area contributed by atoms with Crippen LogP contribution in [0.1, 0.15) is 51.7 Å². The van der Waals surface area contributed by atoms with Gasteiger partial charge in [0, 0.05) is 13.2 Å². The summed E-state index contributed by atoms with van der Waals surface area (Å²) in [5.41, 5.74) is 4.07. The fraction of sp³-hybridized carbons (Fsp3) is 0.345. The number of carbonyl (C=O) groups excluding carboxylic acids is 3. The van der Waals surface area contributed by atoms with Gasteiger partial charge < -0.3 is 19.8 Å². The van der Waals surface area contributed by atoms with E-state index in [1.165, 1.54) is 17.2 Å². The molecule has 1 aromatic heterocycles. The zero-order valence-corrected chi connectivity index (χ0v) is 21.5. The molecule has 8 nitrogen and oxygen atoms in total. The van der Waals surface area contributed by atoms with Gasteiger partial charge in [-0.05, 0) is 62.4 Å². The average Bonchev–Trinajstić information content (AvgIpc) is 3.60. The van der Waals surface area contributed by atoms with Gasteiger partial charge in [0.2, 0.25) is 11.8 Å². The average molecular weight is 504 g/mol. The summed E-state index contributed by atoms with van der Waals surface area (Å²) in [4.78, 5) is 41.6. The number of ether oxygens (including phenoxy) is 1. The van der Waals surface area contributed by atoms with Crippen molar-refractivity contribution in [3.05, 3.63) is 88.9 Å². The van der Waals surface area contributed by atoms with Crippen LogP contribution in [0.15, 0.2) is 65.3 Å². The van der Waals surface area contributed by atoms with Crippen molar-refractivity contribution in [2.75, 3.05) is 24.6 Å². The van der Waals surface area contributed by atoms with Crippen LogP contribution in [0.25, 0.3) is 0 Å². The molecule has 4 rings (SSSR count). The number of aryl methyl sites for hydroxylation is 3. The molecule has 194 valence electrons. The van der Waals surface area contributed by atoms with Gasteiger partial charge in [-0.1, -0.05) is 48.0 Å². The highest BCUT2D eigenvalue weighted by molar-refractivity contribution is 6.05. The van der Waals surface area contributed by atoms with Gasteiger partial charge in [0.15, 0.2) is 5.76 Å². The van der Waals surface area contributed by atoms with E-state index in [1.807, 2.05) is 63.2 Å². The molecule has 0 saturated carbocycles. The van der Waals surface area contributed by atoms with Crippen molar-refractivity contribution in [2.24, 2.45) is 0 Å². The molecule has 2 atom stereocenters. The lowest BCUT2D eigenvalue weighted by molar-refractivity contribution is -0.126. The Kier molecular flexibility index (Phi) is 8.40. The maximum absolute atomic E-state index is 13.9. The number of rotatable bonds is 9. The van der Waals surface area contributed by atoms with Crippen molar-refractivity contribution < 1.29 is 23.5 Å². The van der Waals surface area contributed by atoms with E-state index < -0.39 is 17.9 Å². The molecule has 0 spiro atoms. The van der Waals surface area contributed by atoms with Gasteiger partial charge in [-0.15, -0.1) is 0 Å². The van der Waals surface area contributed by atoms with Crippen molar-refractivity contribution in [1.82, 2.24) is 10.6 Å². The summed E-state index contributed by atoms with van der Waals surface area (Å²) in [6, 6.07) is 15.3. The topological polar surface area (TPSA) is 101 Å². The molecule has 8 heteroatoms. The first-order valence-corrected chi connectivity index (χ1v) is 12.5. The molecule has 0 unspecified atom stereocenters. The van der Waals surface area contributed by atoms with E-state index in [0.717, 1.165) is 29.5 Å². The second-order valence-electron chi connectivity index (χ2n) is 9.36. The van der Waals surface area contributed by atoms with Gasteiger partial charge in [0.05, 0.1) is 24.6 Å². The minimum atomic E-state index is -0.948. The van der Waals surface area contributed by atoms with Crippen molar-refractivity contribution in [3.63, 3.8) is 0 Å². The number of hydrogen-bond acceptors (Lipinski definition) is 5. The Morgan fingerprint density at radius 3 is 2.35 bits per heavy atom. The van der Waals surface area contributed by atoms with E-state index >= 15 is 0 Å². The largest absolute Gasteiger partial charge is 0.459 e. The minimum absolute atomic E-state index is 0.0417. The number of hydrogen-bond donors (Lipinski definition) is 2. The maximum Gasteiger partial charge on any atom is 0.287 e. The van der Waals surface area contributed by atoms with Crippen LogP contribution in [0.4, 0.5) is 5.69 Å². The molecule has 3 amide bonds. The van der Waals surface area contributed by atoms with Crippen molar-refractivity contribution in [2.45, 2.75) is 45.8 Å². The van der Waals surface area contributed by atoms with Gasteiger partial charge in [-0.3, -0.25) is 19.3 Å². The van der Waals surface area contributed by atoms with Crippen LogP contribution >= 0.6 is 0 Å². The fourth-order valence-corrected chi connectivity index (χ4v) is 4.86. The van der Waals surface area contributed by atoms with Gasteiger partial charge in [-0.2, -0.15) is 0 Å². The lowest BCUT2D eigenvalue weighted by Crippen LogP contribution is -2.49. The van der Waals surface area contributed by atoms with Crippen LogP contribution in [-0.4, -0.2) is 43.5 Å². The first-order valence-electron chi connectivity index (χ1n) is 12.5. The molecule has 1 aliphatic rings. The normalized spacial score (nSPS) is 15.7. The van der Waals surface area contributed by atoms with E-state index in [0.29, 0.717) is 24.4 Å². The van der Waals surface area contributed by atoms with Crippen LogP contribution < -0.4 is 15.5 Å². The Morgan fingerprint density at radius 2 is 1.73 bits per heavy atom. The Morgan fingerprint density at radius 1 is 1.00 bits per heavy atom. The summed E-state index contributed by atoms with van der Waals surface area (Å²) in [6.07, 6.45) is 3.20. The molecule has 2 heterocycles. The van der Waals surface area contributed by atoms with Gasteiger partial charge in [-0.25, -0.2) is 0 Å². The zero-order valence-electron chi connectivity index (χ0n) is 21.5. The van der Waals surface area contributed by atoms with Gasteiger partial charge in [0.25, 0.3) is 5.91 Å². The molecule has 3 aromatic rings. The van der Waals surface area contributed by atoms with Crippen LogP contribution in [0.3, 0.4) is 0 Å². The Bertz CT molecular complexity index is 1210.